The topological polar surface area (TPSA) is 54.0 Å². The van der Waals surface area contributed by atoms with Gasteiger partial charge >= 0.3 is 0 Å². The minimum Gasteiger partial charge on any atom is -0.358 e. The van der Waals surface area contributed by atoms with E-state index in [1.807, 2.05) is 0 Å². The van der Waals surface area contributed by atoms with Crippen LogP contribution in [-0.4, -0.2) is 23.5 Å². The van der Waals surface area contributed by atoms with E-state index in [4.69, 9.17) is 0 Å². The summed E-state index contributed by atoms with van der Waals surface area (Å²) in [5.41, 5.74) is 1.12. The van der Waals surface area contributed by atoms with Gasteiger partial charge in [-0.05, 0) is 18.8 Å². The minimum atomic E-state index is 0.139. The third-order valence-electron chi connectivity index (χ3n) is 2.92. The maximum absolute atomic E-state index is 11.4. The Balaban J connectivity index is 1.96. The zero-order valence-corrected chi connectivity index (χ0v) is 11.1. The number of rotatable bonds is 3. The van der Waals surface area contributed by atoms with Gasteiger partial charge in [0.25, 0.3) is 0 Å². The molecule has 1 aromatic rings. The van der Waals surface area contributed by atoms with Gasteiger partial charge in [-0.1, -0.05) is 13.8 Å². The van der Waals surface area contributed by atoms with Crippen molar-refractivity contribution in [2.24, 2.45) is 0 Å². The Morgan fingerprint density at radius 1 is 1.59 bits per heavy atom. The molecule has 1 aliphatic heterocycles. The van der Waals surface area contributed by atoms with E-state index in [1.54, 1.807) is 11.3 Å². The highest BCUT2D eigenvalue weighted by molar-refractivity contribution is 7.13. The highest BCUT2D eigenvalue weighted by Gasteiger charge is 2.18. The molecule has 1 aromatic heterocycles. The summed E-state index contributed by atoms with van der Waals surface area (Å²) in [7, 11) is 0. The molecule has 0 saturated carbocycles. The third-order valence-corrected chi connectivity index (χ3v) is 3.72. The number of carbonyl (C=O) groups is 1. The van der Waals surface area contributed by atoms with Crippen molar-refractivity contribution in [3.8, 4) is 0 Å². The first kappa shape index (κ1) is 12.4. The number of nitrogens with one attached hydrogen (secondary N) is 2. The van der Waals surface area contributed by atoms with Crippen LogP contribution in [-0.2, 0) is 4.79 Å². The Bertz CT molecular complexity index is 389. The van der Waals surface area contributed by atoms with Crippen LogP contribution in [0.5, 0.6) is 0 Å². The second-order valence-corrected chi connectivity index (χ2v) is 5.63. The molecule has 0 spiro atoms. The summed E-state index contributed by atoms with van der Waals surface area (Å²) >= 11 is 1.63. The number of aromatic nitrogens is 1. The summed E-state index contributed by atoms with van der Waals surface area (Å²) in [4.78, 5) is 16.0. The Morgan fingerprint density at radius 3 is 3.12 bits per heavy atom. The average molecular weight is 253 g/mol. The predicted octanol–water partition coefficient (Wildman–Crippen LogP) is 2.35. The molecule has 0 aliphatic carbocycles. The van der Waals surface area contributed by atoms with Gasteiger partial charge in [0.1, 0.15) is 0 Å². The molecule has 1 fully saturated rings. The first-order chi connectivity index (χ1) is 8.15. The number of anilines is 1. The van der Waals surface area contributed by atoms with E-state index in [9.17, 15) is 4.79 Å². The fraction of sp³-hybridized carbons (Fsp3) is 0.667. The number of nitrogens with zero attached hydrogens (tertiary/aromatic N) is 1. The van der Waals surface area contributed by atoms with Gasteiger partial charge in [-0.15, -0.1) is 11.3 Å². The van der Waals surface area contributed by atoms with E-state index in [0.29, 0.717) is 12.3 Å². The summed E-state index contributed by atoms with van der Waals surface area (Å²) in [6.07, 6.45) is 2.61. The normalized spacial score (nSPS) is 21.1. The minimum absolute atomic E-state index is 0.139. The Labute approximate surface area is 106 Å². The SMILES string of the molecule is CC(C)c1csc(NC2CCCNC(=O)C2)n1. The van der Waals surface area contributed by atoms with Gasteiger partial charge in [0, 0.05) is 24.4 Å². The van der Waals surface area contributed by atoms with E-state index in [-0.39, 0.29) is 11.9 Å². The van der Waals surface area contributed by atoms with Crippen molar-refractivity contribution in [2.45, 2.75) is 45.1 Å². The van der Waals surface area contributed by atoms with Gasteiger partial charge in [-0.3, -0.25) is 4.79 Å². The van der Waals surface area contributed by atoms with Crippen molar-refractivity contribution < 1.29 is 4.79 Å². The molecule has 4 nitrogen and oxygen atoms in total. The number of hydrogen-bond acceptors (Lipinski definition) is 4. The molecule has 0 bridgehead atoms. The summed E-state index contributed by atoms with van der Waals surface area (Å²) in [6.45, 7) is 5.07. The molecular weight excluding hydrogens is 234 g/mol. The molecule has 1 atom stereocenters. The smallest absolute Gasteiger partial charge is 0.222 e. The van der Waals surface area contributed by atoms with Gasteiger partial charge in [0.15, 0.2) is 5.13 Å². The lowest BCUT2D eigenvalue weighted by atomic mass is 10.1. The van der Waals surface area contributed by atoms with Crippen LogP contribution in [0.2, 0.25) is 0 Å². The van der Waals surface area contributed by atoms with Gasteiger partial charge in [0.2, 0.25) is 5.91 Å². The maximum atomic E-state index is 11.4. The number of hydrogen-bond donors (Lipinski definition) is 2. The van der Waals surface area contributed by atoms with Crippen molar-refractivity contribution >= 4 is 22.4 Å². The van der Waals surface area contributed by atoms with E-state index in [0.717, 1.165) is 30.2 Å². The average Bonchev–Trinajstić information content (AvgIpc) is 2.63. The summed E-state index contributed by atoms with van der Waals surface area (Å²) in [5, 5.41) is 9.29. The monoisotopic (exact) mass is 253 g/mol. The van der Waals surface area contributed by atoms with Crippen LogP contribution in [0.1, 0.15) is 44.7 Å². The van der Waals surface area contributed by atoms with Gasteiger partial charge in [0.05, 0.1) is 5.69 Å². The molecule has 1 aliphatic rings. The first-order valence-electron chi connectivity index (χ1n) is 6.14. The second kappa shape index (κ2) is 5.49. The molecule has 17 heavy (non-hydrogen) atoms. The van der Waals surface area contributed by atoms with Crippen LogP contribution in [0.3, 0.4) is 0 Å². The first-order valence-corrected chi connectivity index (χ1v) is 7.02. The summed E-state index contributed by atoms with van der Waals surface area (Å²) < 4.78 is 0. The molecule has 5 heteroatoms. The Morgan fingerprint density at radius 2 is 2.41 bits per heavy atom. The molecule has 1 saturated heterocycles. The molecule has 2 heterocycles. The van der Waals surface area contributed by atoms with E-state index < -0.39 is 0 Å². The second-order valence-electron chi connectivity index (χ2n) is 4.77. The lowest BCUT2D eigenvalue weighted by Crippen LogP contribution is -2.26. The maximum Gasteiger partial charge on any atom is 0.222 e. The van der Waals surface area contributed by atoms with Crippen LogP contribution in [0.25, 0.3) is 0 Å². The largest absolute Gasteiger partial charge is 0.358 e. The molecule has 2 rings (SSSR count). The van der Waals surface area contributed by atoms with Gasteiger partial charge in [-0.25, -0.2) is 4.98 Å². The van der Waals surface area contributed by atoms with E-state index in [1.165, 1.54) is 0 Å². The standard InChI is InChI=1S/C12H19N3OS/c1-8(2)10-7-17-12(15-10)14-9-4-3-5-13-11(16)6-9/h7-9H,3-6H2,1-2H3,(H,13,16)(H,14,15). The van der Waals surface area contributed by atoms with Crippen molar-refractivity contribution in [3.05, 3.63) is 11.1 Å². The van der Waals surface area contributed by atoms with Crippen LogP contribution in [0.4, 0.5) is 5.13 Å². The van der Waals surface area contributed by atoms with Crippen molar-refractivity contribution in [2.75, 3.05) is 11.9 Å². The Kier molecular flexibility index (Phi) is 3.99. The third kappa shape index (κ3) is 3.43. The zero-order chi connectivity index (χ0) is 12.3. The van der Waals surface area contributed by atoms with Crippen LogP contribution < -0.4 is 10.6 Å². The van der Waals surface area contributed by atoms with E-state index in [2.05, 4.69) is 34.8 Å². The van der Waals surface area contributed by atoms with Gasteiger partial charge < -0.3 is 10.6 Å². The molecule has 0 radical (unpaired) electrons. The molecule has 0 aromatic carbocycles. The van der Waals surface area contributed by atoms with Crippen molar-refractivity contribution in [3.63, 3.8) is 0 Å². The van der Waals surface area contributed by atoms with E-state index >= 15 is 0 Å². The van der Waals surface area contributed by atoms with Crippen LogP contribution in [0, 0.1) is 0 Å². The lowest BCUT2D eigenvalue weighted by Gasteiger charge is -2.13. The van der Waals surface area contributed by atoms with Crippen LogP contribution in [0.15, 0.2) is 5.38 Å². The summed E-state index contributed by atoms with van der Waals surface area (Å²) in [6, 6.07) is 0.226. The highest BCUT2D eigenvalue weighted by atomic mass is 32.1. The zero-order valence-electron chi connectivity index (χ0n) is 10.3. The fourth-order valence-electron chi connectivity index (χ4n) is 1.89. The number of amides is 1. The molecule has 2 N–H and O–H groups in total. The molecule has 94 valence electrons. The molecular formula is C12H19N3OS. The van der Waals surface area contributed by atoms with Crippen molar-refractivity contribution in [1.82, 2.24) is 10.3 Å². The fourth-order valence-corrected chi connectivity index (χ4v) is 2.84. The lowest BCUT2D eigenvalue weighted by molar-refractivity contribution is -0.120. The highest BCUT2D eigenvalue weighted by Crippen LogP contribution is 2.23. The van der Waals surface area contributed by atoms with Crippen LogP contribution >= 0.6 is 11.3 Å². The van der Waals surface area contributed by atoms with Crippen molar-refractivity contribution in [1.29, 1.82) is 0 Å². The van der Waals surface area contributed by atoms with Gasteiger partial charge in [-0.2, -0.15) is 0 Å². The Hall–Kier alpha value is -1.10. The quantitative estimate of drug-likeness (QED) is 0.869. The number of thiazole rings is 1. The number of carbonyl (C=O) groups excluding carboxylic acids is 1. The summed E-state index contributed by atoms with van der Waals surface area (Å²) in [5.74, 6) is 0.597. The molecule has 1 unspecified atom stereocenters. The predicted molar refractivity (Wildman–Crippen MR) is 70.5 cm³/mol. The molecule has 1 amide bonds.